The Bertz CT molecular complexity index is 1350. The van der Waals surface area contributed by atoms with E-state index >= 15 is 0 Å². The van der Waals surface area contributed by atoms with Gasteiger partial charge in [-0.05, 0) is 6.07 Å². The first kappa shape index (κ1) is 20.6. The van der Waals surface area contributed by atoms with Crippen molar-refractivity contribution in [2.45, 2.75) is 4.90 Å². The topological polar surface area (TPSA) is 206 Å². The van der Waals surface area contributed by atoms with Crippen molar-refractivity contribution in [3.63, 3.8) is 0 Å². The Morgan fingerprint density at radius 3 is 1.93 bits per heavy atom. The van der Waals surface area contributed by atoms with Gasteiger partial charge >= 0.3 is 5.69 Å². The fourth-order valence-corrected chi connectivity index (χ4v) is 3.34. The number of fused-ring (bicyclic) bond motifs is 1. The number of hydrogen-bond acceptors (Lipinski definition) is 10. The number of azo groups is 1. The Morgan fingerprint density at radius 1 is 0.833 bits per heavy atom. The first-order chi connectivity index (χ1) is 14.0. The first-order valence-electron chi connectivity index (χ1n) is 7.80. The number of nitrogens with zero attached hydrogens (tertiary/aromatic N) is 4. The zero-order valence-electron chi connectivity index (χ0n) is 14.5. The van der Waals surface area contributed by atoms with E-state index in [0.29, 0.717) is 12.1 Å². The summed E-state index contributed by atoms with van der Waals surface area (Å²) in [4.78, 5) is 19.3. The number of phenolic OH excluding ortho intramolecular Hbond substituents is 2. The molecule has 154 valence electrons. The highest BCUT2D eigenvalue weighted by molar-refractivity contribution is 7.86. The van der Waals surface area contributed by atoms with Gasteiger partial charge in [0.2, 0.25) is 5.75 Å². The highest BCUT2D eigenvalue weighted by Crippen LogP contribution is 2.43. The molecule has 0 aliphatic heterocycles. The molecule has 0 aliphatic carbocycles. The van der Waals surface area contributed by atoms with Gasteiger partial charge in [-0.15, -0.1) is 10.2 Å². The second kappa shape index (κ2) is 7.34. The number of hydrogen-bond donors (Lipinski definition) is 3. The Labute approximate surface area is 166 Å². The van der Waals surface area contributed by atoms with Crippen molar-refractivity contribution in [2.75, 3.05) is 0 Å². The van der Waals surface area contributed by atoms with E-state index in [1.165, 1.54) is 24.3 Å². The number of phenols is 2. The molecule has 30 heavy (non-hydrogen) atoms. The van der Waals surface area contributed by atoms with E-state index in [2.05, 4.69) is 10.2 Å². The lowest BCUT2D eigenvalue weighted by Crippen LogP contribution is -1.99. The normalized spacial score (nSPS) is 11.8. The molecule has 0 radical (unpaired) electrons. The van der Waals surface area contributed by atoms with Crippen LogP contribution in [0.4, 0.5) is 22.7 Å². The van der Waals surface area contributed by atoms with Gasteiger partial charge in [-0.3, -0.25) is 24.8 Å². The van der Waals surface area contributed by atoms with Gasteiger partial charge in [0.05, 0.1) is 15.9 Å². The Balaban J connectivity index is 2.24. The van der Waals surface area contributed by atoms with Crippen LogP contribution in [0.15, 0.2) is 57.6 Å². The van der Waals surface area contributed by atoms with E-state index in [-0.39, 0.29) is 10.8 Å². The number of rotatable bonds is 5. The van der Waals surface area contributed by atoms with E-state index in [0.717, 1.165) is 6.07 Å². The summed E-state index contributed by atoms with van der Waals surface area (Å²) in [6, 6.07) is 7.64. The van der Waals surface area contributed by atoms with Gasteiger partial charge in [0.1, 0.15) is 16.3 Å². The van der Waals surface area contributed by atoms with Crippen LogP contribution in [0.5, 0.6) is 11.5 Å². The quantitative estimate of drug-likeness (QED) is 0.231. The number of benzene rings is 3. The minimum absolute atomic E-state index is 0.00387. The molecule has 13 nitrogen and oxygen atoms in total. The lowest BCUT2D eigenvalue weighted by molar-refractivity contribution is -0.394. The summed E-state index contributed by atoms with van der Waals surface area (Å²) in [5.41, 5.74) is -2.90. The van der Waals surface area contributed by atoms with Gasteiger partial charge in [-0.2, -0.15) is 8.42 Å². The summed E-state index contributed by atoms with van der Waals surface area (Å²) in [6.07, 6.45) is 0. The zero-order valence-corrected chi connectivity index (χ0v) is 15.3. The fraction of sp³-hybridized carbons (Fsp3) is 0. The molecule has 0 fully saturated rings. The van der Waals surface area contributed by atoms with Gasteiger partial charge in [-0.25, -0.2) is 0 Å². The predicted molar refractivity (Wildman–Crippen MR) is 101 cm³/mol. The minimum Gasteiger partial charge on any atom is -0.505 e. The Morgan fingerprint density at radius 2 is 1.40 bits per heavy atom. The van der Waals surface area contributed by atoms with E-state index in [9.17, 15) is 43.4 Å². The SMILES string of the molecule is O=[N+]([O-])c1cc(N=Nc2cc(S(=O)(=O)O)c3ccccc3c2O)c(O)c([N+](=O)[O-])c1. The molecule has 0 aliphatic rings. The Hall–Kier alpha value is -4.17. The van der Waals surface area contributed by atoms with E-state index in [1.807, 2.05) is 0 Å². The van der Waals surface area contributed by atoms with Gasteiger partial charge in [0.15, 0.2) is 5.75 Å². The third-order valence-corrected chi connectivity index (χ3v) is 4.86. The third-order valence-electron chi connectivity index (χ3n) is 3.96. The molecule has 0 spiro atoms. The first-order valence-corrected chi connectivity index (χ1v) is 9.24. The smallest absolute Gasteiger partial charge is 0.319 e. The van der Waals surface area contributed by atoms with Crippen molar-refractivity contribution in [2.24, 2.45) is 10.2 Å². The monoisotopic (exact) mass is 434 g/mol. The lowest BCUT2D eigenvalue weighted by Gasteiger charge is -2.08. The van der Waals surface area contributed by atoms with E-state index in [4.69, 9.17) is 0 Å². The van der Waals surface area contributed by atoms with Crippen molar-refractivity contribution < 1.29 is 33.0 Å². The maximum absolute atomic E-state index is 11.7. The summed E-state index contributed by atoms with van der Waals surface area (Å²) in [6.45, 7) is 0. The summed E-state index contributed by atoms with van der Waals surface area (Å²) in [7, 11) is -4.74. The van der Waals surface area contributed by atoms with E-state index in [1.54, 1.807) is 0 Å². The molecule has 3 aromatic carbocycles. The number of aromatic hydroxyl groups is 2. The average molecular weight is 434 g/mol. The summed E-state index contributed by atoms with van der Waals surface area (Å²) >= 11 is 0. The second-order valence-electron chi connectivity index (χ2n) is 5.81. The van der Waals surface area contributed by atoms with Crippen LogP contribution in [0.25, 0.3) is 10.8 Å². The number of nitro groups is 2. The molecule has 3 aromatic rings. The fourth-order valence-electron chi connectivity index (χ4n) is 2.62. The minimum atomic E-state index is -4.74. The summed E-state index contributed by atoms with van der Waals surface area (Å²) in [5.74, 6) is -1.56. The molecule has 3 rings (SSSR count). The number of nitro benzene ring substituents is 2. The Kier molecular flexibility index (Phi) is 5.03. The van der Waals surface area contributed by atoms with Crippen LogP contribution in [0, 0.1) is 20.2 Å². The zero-order chi connectivity index (χ0) is 22.2. The van der Waals surface area contributed by atoms with Gasteiger partial charge in [0.25, 0.3) is 15.8 Å². The molecule has 0 amide bonds. The van der Waals surface area contributed by atoms with Crippen LogP contribution < -0.4 is 0 Å². The van der Waals surface area contributed by atoms with E-state index < -0.39 is 59.1 Å². The van der Waals surface area contributed by atoms with Crippen molar-refractivity contribution in [3.8, 4) is 11.5 Å². The van der Waals surface area contributed by atoms with Crippen molar-refractivity contribution in [1.29, 1.82) is 0 Å². The maximum atomic E-state index is 11.7. The van der Waals surface area contributed by atoms with Gasteiger partial charge in [0, 0.05) is 16.8 Å². The molecule has 0 heterocycles. The summed E-state index contributed by atoms with van der Waals surface area (Å²) < 4.78 is 32.8. The second-order valence-corrected chi connectivity index (χ2v) is 7.20. The molecule has 14 heteroatoms. The highest BCUT2D eigenvalue weighted by atomic mass is 32.2. The molecular weight excluding hydrogens is 424 g/mol. The van der Waals surface area contributed by atoms with Gasteiger partial charge < -0.3 is 10.2 Å². The van der Waals surface area contributed by atoms with Gasteiger partial charge in [-0.1, -0.05) is 24.3 Å². The predicted octanol–water partition coefficient (Wildman–Crippen LogP) is 3.73. The maximum Gasteiger partial charge on any atom is 0.319 e. The highest BCUT2D eigenvalue weighted by Gasteiger charge is 2.24. The lowest BCUT2D eigenvalue weighted by atomic mass is 10.1. The molecular formula is C16H10N4O9S. The molecule has 0 saturated heterocycles. The van der Waals surface area contributed by atoms with Crippen molar-refractivity contribution in [1.82, 2.24) is 0 Å². The van der Waals surface area contributed by atoms with Crippen LogP contribution in [-0.2, 0) is 10.1 Å². The molecule has 0 unspecified atom stereocenters. The van der Waals surface area contributed by atoms with Crippen molar-refractivity contribution >= 4 is 43.6 Å². The molecule has 3 N–H and O–H groups in total. The van der Waals surface area contributed by atoms with Crippen LogP contribution in [0.2, 0.25) is 0 Å². The van der Waals surface area contributed by atoms with Crippen LogP contribution in [0.3, 0.4) is 0 Å². The number of non-ortho nitro benzene ring substituents is 1. The summed E-state index contributed by atoms with van der Waals surface area (Å²) in [5, 5.41) is 49.3. The van der Waals surface area contributed by atoms with Crippen LogP contribution in [0.1, 0.15) is 0 Å². The third kappa shape index (κ3) is 3.71. The van der Waals surface area contributed by atoms with Crippen LogP contribution in [-0.4, -0.2) is 33.0 Å². The standard InChI is InChI=1S/C16H10N4O9S/c21-15-10-4-2-1-3-9(10)14(30(27,28)29)7-12(15)18-17-11-5-8(19(23)24)6-13(16(11)22)20(25)26/h1-7,21-22H,(H,27,28,29). The molecule has 0 atom stereocenters. The molecule has 0 saturated carbocycles. The van der Waals surface area contributed by atoms with Crippen LogP contribution >= 0.6 is 0 Å². The van der Waals surface area contributed by atoms with Crippen molar-refractivity contribution in [3.05, 3.63) is 62.7 Å². The largest absolute Gasteiger partial charge is 0.505 e. The molecule has 0 aromatic heterocycles. The molecule has 0 bridgehead atoms. The average Bonchev–Trinajstić information content (AvgIpc) is 2.67.